The molecule has 0 spiro atoms. The van der Waals surface area contributed by atoms with E-state index in [0.29, 0.717) is 5.57 Å². The van der Waals surface area contributed by atoms with Gasteiger partial charge in [-0.2, -0.15) is 0 Å². The summed E-state index contributed by atoms with van der Waals surface area (Å²) in [4.78, 5) is 11.3. The van der Waals surface area contributed by atoms with E-state index < -0.39 is 24.3 Å². The Balaban J connectivity index is 2.69. The van der Waals surface area contributed by atoms with Crippen LogP contribution in [0, 0.1) is 0 Å². The SMILES string of the molecule is COCOC1CC(C(=O)OC)=CC(O)C1O. The Labute approximate surface area is 93.4 Å². The summed E-state index contributed by atoms with van der Waals surface area (Å²) in [6.07, 6.45) is -1.40. The summed E-state index contributed by atoms with van der Waals surface area (Å²) in [5, 5.41) is 19.1. The zero-order chi connectivity index (χ0) is 12.1. The van der Waals surface area contributed by atoms with Gasteiger partial charge in [-0.25, -0.2) is 4.79 Å². The molecule has 3 atom stereocenters. The first-order chi connectivity index (χ1) is 7.60. The van der Waals surface area contributed by atoms with E-state index in [4.69, 9.17) is 9.47 Å². The molecule has 0 amide bonds. The van der Waals surface area contributed by atoms with Crippen molar-refractivity contribution in [3.05, 3.63) is 11.6 Å². The molecule has 1 rings (SSSR count). The molecule has 16 heavy (non-hydrogen) atoms. The van der Waals surface area contributed by atoms with Gasteiger partial charge in [0.1, 0.15) is 19.0 Å². The summed E-state index contributed by atoms with van der Waals surface area (Å²) in [6.45, 7) is -0.0110. The number of rotatable bonds is 4. The lowest BCUT2D eigenvalue weighted by Crippen LogP contribution is -2.42. The summed E-state index contributed by atoms with van der Waals surface area (Å²) in [6, 6.07) is 0. The van der Waals surface area contributed by atoms with Gasteiger partial charge in [0.05, 0.1) is 13.2 Å². The molecule has 0 radical (unpaired) electrons. The minimum absolute atomic E-state index is 0.0110. The van der Waals surface area contributed by atoms with Crippen LogP contribution in [0.2, 0.25) is 0 Å². The summed E-state index contributed by atoms with van der Waals surface area (Å²) in [5.74, 6) is -0.531. The maximum atomic E-state index is 11.3. The van der Waals surface area contributed by atoms with Crippen LogP contribution in [-0.2, 0) is 19.0 Å². The van der Waals surface area contributed by atoms with Crippen LogP contribution in [0.25, 0.3) is 0 Å². The maximum Gasteiger partial charge on any atom is 0.333 e. The Hall–Kier alpha value is -0.950. The number of aliphatic hydroxyl groups is 2. The predicted octanol–water partition coefficient (Wildman–Crippen LogP) is -0.800. The predicted molar refractivity (Wildman–Crippen MR) is 53.5 cm³/mol. The van der Waals surface area contributed by atoms with Crippen molar-refractivity contribution in [1.82, 2.24) is 0 Å². The topological polar surface area (TPSA) is 85.2 Å². The monoisotopic (exact) mass is 232 g/mol. The van der Waals surface area contributed by atoms with E-state index in [9.17, 15) is 15.0 Å². The van der Waals surface area contributed by atoms with E-state index >= 15 is 0 Å². The van der Waals surface area contributed by atoms with Gasteiger partial charge in [0.25, 0.3) is 0 Å². The fraction of sp³-hybridized carbons (Fsp3) is 0.700. The molecule has 3 unspecified atom stereocenters. The minimum atomic E-state index is -1.13. The van der Waals surface area contributed by atoms with Crippen molar-refractivity contribution < 1.29 is 29.2 Å². The van der Waals surface area contributed by atoms with Crippen LogP contribution < -0.4 is 0 Å². The van der Waals surface area contributed by atoms with E-state index in [1.165, 1.54) is 20.3 Å². The van der Waals surface area contributed by atoms with Gasteiger partial charge in [0, 0.05) is 19.1 Å². The van der Waals surface area contributed by atoms with Crippen molar-refractivity contribution in [2.24, 2.45) is 0 Å². The number of carbonyl (C=O) groups is 1. The van der Waals surface area contributed by atoms with Gasteiger partial charge < -0.3 is 24.4 Å². The summed E-state index contributed by atoms with van der Waals surface area (Å²) in [7, 11) is 2.70. The van der Waals surface area contributed by atoms with E-state index in [-0.39, 0.29) is 13.2 Å². The zero-order valence-electron chi connectivity index (χ0n) is 9.25. The number of esters is 1. The van der Waals surface area contributed by atoms with E-state index in [1.54, 1.807) is 0 Å². The lowest BCUT2D eigenvalue weighted by molar-refractivity contribution is -0.145. The fourth-order valence-corrected chi connectivity index (χ4v) is 1.53. The molecule has 0 aliphatic heterocycles. The summed E-state index contributed by atoms with van der Waals surface area (Å²) in [5.41, 5.74) is 0.293. The molecule has 1 aliphatic carbocycles. The average molecular weight is 232 g/mol. The average Bonchev–Trinajstić information content (AvgIpc) is 2.29. The number of methoxy groups -OCH3 is 2. The van der Waals surface area contributed by atoms with Gasteiger partial charge in [0.2, 0.25) is 0 Å². The molecular weight excluding hydrogens is 216 g/mol. The second-order valence-electron chi connectivity index (χ2n) is 3.48. The van der Waals surface area contributed by atoms with Crippen LogP contribution in [0.1, 0.15) is 6.42 Å². The Morgan fingerprint density at radius 1 is 1.50 bits per heavy atom. The van der Waals surface area contributed by atoms with Crippen molar-refractivity contribution in [2.45, 2.75) is 24.7 Å². The first-order valence-electron chi connectivity index (χ1n) is 4.85. The molecule has 6 heteroatoms. The third-order valence-corrected chi connectivity index (χ3v) is 2.37. The van der Waals surface area contributed by atoms with Gasteiger partial charge in [-0.3, -0.25) is 0 Å². The first kappa shape index (κ1) is 13.1. The number of carbonyl (C=O) groups excluding carboxylic acids is 1. The van der Waals surface area contributed by atoms with Crippen molar-refractivity contribution in [3.63, 3.8) is 0 Å². The van der Waals surface area contributed by atoms with Crippen molar-refractivity contribution in [2.75, 3.05) is 21.0 Å². The quantitative estimate of drug-likeness (QED) is 0.487. The molecule has 92 valence electrons. The molecule has 2 N–H and O–H groups in total. The van der Waals surface area contributed by atoms with Crippen LogP contribution in [0.15, 0.2) is 11.6 Å². The van der Waals surface area contributed by atoms with Crippen LogP contribution >= 0.6 is 0 Å². The maximum absolute atomic E-state index is 11.3. The van der Waals surface area contributed by atoms with Gasteiger partial charge in [0.15, 0.2) is 0 Å². The standard InChI is InChI=1S/C10H16O6/c1-14-5-16-8-4-6(10(13)15-2)3-7(11)9(8)12/h3,7-9,11-12H,4-5H2,1-2H3. The van der Waals surface area contributed by atoms with Crippen molar-refractivity contribution in [3.8, 4) is 0 Å². The Morgan fingerprint density at radius 3 is 2.75 bits per heavy atom. The molecule has 0 aromatic heterocycles. The molecule has 6 nitrogen and oxygen atoms in total. The molecule has 0 saturated heterocycles. The van der Waals surface area contributed by atoms with E-state index in [1.807, 2.05) is 0 Å². The minimum Gasteiger partial charge on any atom is -0.466 e. The molecule has 0 saturated carbocycles. The van der Waals surface area contributed by atoms with Crippen LogP contribution in [0.4, 0.5) is 0 Å². The van der Waals surface area contributed by atoms with Crippen LogP contribution in [0.5, 0.6) is 0 Å². The van der Waals surface area contributed by atoms with Gasteiger partial charge >= 0.3 is 5.97 Å². The largest absolute Gasteiger partial charge is 0.466 e. The van der Waals surface area contributed by atoms with Crippen LogP contribution in [0.3, 0.4) is 0 Å². The van der Waals surface area contributed by atoms with Crippen molar-refractivity contribution in [1.29, 1.82) is 0 Å². The van der Waals surface area contributed by atoms with E-state index in [0.717, 1.165) is 0 Å². The van der Waals surface area contributed by atoms with Crippen molar-refractivity contribution >= 4 is 5.97 Å². The molecule has 0 bridgehead atoms. The summed E-state index contributed by atoms with van der Waals surface area (Å²) >= 11 is 0. The number of hydrogen-bond donors (Lipinski definition) is 2. The second-order valence-corrected chi connectivity index (χ2v) is 3.48. The normalized spacial score (nSPS) is 29.8. The smallest absolute Gasteiger partial charge is 0.333 e. The molecule has 0 heterocycles. The zero-order valence-corrected chi connectivity index (χ0v) is 9.25. The Morgan fingerprint density at radius 2 is 2.19 bits per heavy atom. The number of hydrogen-bond acceptors (Lipinski definition) is 6. The molecular formula is C10H16O6. The van der Waals surface area contributed by atoms with Gasteiger partial charge in [-0.15, -0.1) is 0 Å². The van der Waals surface area contributed by atoms with Gasteiger partial charge in [-0.1, -0.05) is 0 Å². The fourth-order valence-electron chi connectivity index (χ4n) is 1.53. The summed E-state index contributed by atoms with van der Waals surface area (Å²) < 4.78 is 14.4. The molecule has 1 aliphatic rings. The highest BCUT2D eigenvalue weighted by atomic mass is 16.7. The third kappa shape index (κ3) is 3.02. The Bertz CT molecular complexity index is 274. The molecule has 0 aromatic carbocycles. The molecule has 0 fully saturated rings. The van der Waals surface area contributed by atoms with Crippen LogP contribution in [-0.4, -0.2) is 55.5 Å². The second kappa shape index (κ2) is 5.95. The highest BCUT2D eigenvalue weighted by Gasteiger charge is 2.33. The first-order valence-corrected chi connectivity index (χ1v) is 4.85. The number of ether oxygens (including phenoxy) is 3. The lowest BCUT2D eigenvalue weighted by atomic mass is 9.92. The highest BCUT2D eigenvalue weighted by molar-refractivity contribution is 5.88. The molecule has 0 aromatic rings. The number of aliphatic hydroxyl groups excluding tert-OH is 2. The van der Waals surface area contributed by atoms with Gasteiger partial charge in [-0.05, 0) is 6.08 Å². The third-order valence-electron chi connectivity index (χ3n) is 2.37. The van der Waals surface area contributed by atoms with E-state index in [2.05, 4.69) is 4.74 Å². The Kier molecular flexibility index (Phi) is 4.88. The highest BCUT2D eigenvalue weighted by Crippen LogP contribution is 2.22. The lowest BCUT2D eigenvalue weighted by Gasteiger charge is -2.30.